The van der Waals surface area contributed by atoms with E-state index in [0.717, 1.165) is 0 Å². The monoisotopic (exact) mass is 345 g/mol. The van der Waals surface area contributed by atoms with E-state index in [-0.39, 0.29) is 17.6 Å². The van der Waals surface area contributed by atoms with E-state index >= 15 is 0 Å². The second-order valence-corrected chi connectivity index (χ2v) is 5.93. The van der Waals surface area contributed by atoms with Crippen molar-refractivity contribution in [2.45, 2.75) is 19.8 Å². The molecule has 0 atom stereocenters. The highest BCUT2D eigenvalue weighted by molar-refractivity contribution is 5.79. The third kappa shape index (κ3) is 3.17. The van der Waals surface area contributed by atoms with Gasteiger partial charge in [-0.2, -0.15) is 0 Å². The molecule has 25 heavy (non-hydrogen) atoms. The molecule has 0 unspecified atom stereocenters. The van der Waals surface area contributed by atoms with Gasteiger partial charge in [0.05, 0.1) is 4.92 Å². The number of piperidine rings is 1. The fourth-order valence-corrected chi connectivity index (χ4v) is 3.12. The lowest BCUT2D eigenvalue weighted by molar-refractivity contribution is -0.385. The van der Waals surface area contributed by atoms with Crippen molar-refractivity contribution in [3.63, 3.8) is 0 Å². The maximum absolute atomic E-state index is 12.5. The molecular formula is C16H19N5O4. The van der Waals surface area contributed by atoms with Gasteiger partial charge in [0.1, 0.15) is 5.65 Å². The van der Waals surface area contributed by atoms with Crippen molar-refractivity contribution >= 4 is 23.1 Å². The van der Waals surface area contributed by atoms with Crippen molar-refractivity contribution in [3.05, 3.63) is 44.9 Å². The maximum atomic E-state index is 12.5. The molecule has 2 aromatic heterocycles. The molecule has 0 spiro atoms. The summed E-state index contributed by atoms with van der Waals surface area (Å²) in [6, 6.07) is 4.98. The molecule has 1 aliphatic rings. The lowest BCUT2D eigenvalue weighted by Crippen LogP contribution is -2.41. The summed E-state index contributed by atoms with van der Waals surface area (Å²) in [6.45, 7) is 3.33. The number of nitrogens with zero attached hydrogens (tertiary/aromatic N) is 4. The van der Waals surface area contributed by atoms with Crippen LogP contribution in [-0.4, -0.2) is 39.8 Å². The van der Waals surface area contributed by atoms with Gasteiger partial charge in [-0.3, -0.25) is 24.1 Å². The van der Waals surface area contributed by atoms with Crippen LogP contribution < -0.4 is 15.8 Å². The van der Waals surface area contributed by atoms with Gasteiger partial charge in [-0.1, -0.05) is 6.07 Å². The van der Waals surface area contributed by atoms with Crippen molar-refractivity contribution in [2.75, 3.05) is 24.5 Å². The van der Waals surface area contributed by atoms with Gasteiger partial charge in [-0.25, -0.2) is 4.98 Å². The summed E-state index contributed by atoms with van der Waals surface area (Å²) in [5.74, 6) is -0.0319. The lowest BCUT2D eigenvalue weighted by atomic mass is 9.96. The third-order valence-electron chi connectivity index (χ3n) is 4.39. The zero-order chi connectivity index (χ0) is 18.0. The second kappa shape index (κ2) is 6.88. The van der Waals surface area contributed by atoms with Gasteiger partial charge in [0.15, 0.2) is 0 Å². The first-order valence-electron chi connectivity index (χ1n) is 8.21. The molecule has 0 aromatic carbocycles. The molecule has 1 aliphatic heterocycles. The molecular weight excluding hydrogens is 326 g/mol. The highest BCUT2D eigenvalue weighted by atomic mass is 16.6. The van der Waals surface area contributed by atoms with Crippen molar-refractivity contribution in [1.29, 1.82) is 0 Å². The molecule has 9 nitrogen and oxygen atoms in total. The maximum Gasteiger partial charge on any atom is 0.376 e. The standard InChI is InChI=1S/C16H19N5O4/c1-2-17-15(22)11-6-9-19(10-7-11)14-13(21(24)25)16(23)20-8-4-3-5-12(20)18-14/h3-5,8,11H,2,6-7,9-10H2,1H3,(H,17,22). The number of anilines is 1. The van der Waals surface area contributed by atoms with Crippen LogP contribution in [0.25, 0.3) is 5.65 Å². The Hall–Kier alpha value is -2.97. The first-order valence-corrected chi connectivity index (χ1v) is 8.21. The minimum absolute atomic E-state index is 0.00295. The van der Waals surface area contributed by atoms with Crippen molar-refractivity contribution in [3.8, 4) is 0 Å². The van der Waals surface area contributed by atoms with Crippen LogP contribution in [-0.2, 0) is 4.79 Å². The number of rotatable bonds is 4. The van der Waals surface area contributed by atoms with Crippen LogP contribution in [0.3, 0.4) is 0 Å². The molecule has 9 heteroatoms. The zero-order valence-electron chi connectivity index (χ0n) is 13.8. The predicted molar refractivity (Wildman–Crippen MR) is 91.7 cm³/mol. The normalized spacial score (nSPS) is 15.3. The summed E-state index contributed by atoms with van der Waals surface area (Å²) in [5, 5.41) is 14.2. The number of pyridine rings is 1. The third-order valence-corrected chi connectivity index (χ3v) is 4.39. The molecule has 1 saturated heterocycles. The summed E-state index contributed by atoms with van der Waals surface area (Å²) >= 11 is 0. The highest BCUT2D eigenvalue weighted by Gasteiger charge is 2.31. The number of nitrogens with one attached hydrogen (secondary N) is 1. The molecule has 0 radical (unpaired) electrons. The van der Waals surface area contributed by atoms with Gasteiger partial charge >= 0.3 is 11.2 Å². The first kappa shape index (κ1) is 16.9. The zero-order valence-corrected chi connectivity index (χ0v) is 13.8. The van der Waals surface area contributed by atoms with Crippen molar-refractivity contribution in [2.24, 2.45) is 5.92 Å². The molecule has 1 amide bonds. The Morgan fingerprint density at radius 3 is 2.76 bits per heavy atom. The van der Waals surface area contributed by atoms with E-state index in [1.54, 1.807) is 23.1 Å². The van der Waals surface area contributed by atoms with Crippen LogP contribution in [0.1, 0.15) is 19.8 Å². The number of amides is 1. The van der Waals surface area contributed by atoms with E-state index in [9.17, 15) is 19.7 Å². The Bertz CT molecular complexity index is 870. The SMILES string of the molecule is CCNC(=O)C1CCN(c2nc3ccccn3c(=O)c2[N+](=O)[O-])CC1. The Kier molecular flexibility index (Phi) is 4.64. The molecule has 3 rings (SSSR count). The van der Waals surface area contributed by atoms with Crippen LogP contribution in [0.5, 0.6) is 0 Å². The lowest BCUT2D eigenvalue weighted by Gasteiger charge is -2.31. The van der Waals surface area contributed by atoms with Gasteiger partial charge in [-0.15, -0.1) is 0 Å². The van der Waals surface area contributed by atoms with E-state index in [1.165, 1.54) is 10.6 Å². The second-order valence-electron chi connectivity index (χ2n) is 5.93. The number of hydrogen-bond donors (Lipinski definition) is 1. The fourth-order valence-electron chi connectivity index (χ4n) is 3.12. The predicted octanol–water partition coefficient (Wildman–Crippen LogP) is 0.955. The van der Waals surface area contributed by atoms with Gasteiger partial charge in [0, 0.05) is 31.7 Å². The van der Waals surface area contributed by atoms with E-state index in [2.05, 4.69) is 10.3 Å². The smallest absolute Gasteiger partial charge is 0.356 e. The summed E-state index contributed by atoms with van der Waals surface area (Å²) in [7, 11) is 0. The minimum atomic E-state index is -0.698. The number of carbonyl (C=O) groups is 1. The molecule has 1 fully saturated rings. The molecule has 3 heterocycles. The molecule has 132 valence electrons. The summed E-state index contributed by atoms with van der Waals surface area (Å²) < 4.78 is 1.17. The van der Waals surface area contributed by atoms with Gasteiger partial charge < -0.3 is 10.2 Å². The van der Waals surface area contributed by atoms with Crippen molar-refractivity contribution in [1.82, 2.24) is 14.7 Å². The summed E-state index contributed by atoms with van der Waals surface area (Å²) in [5.41, 5.74) is -0.865. The molecule has 0 aliphatic carbocycles. The molecule has 0 saturated carbocycles. The first-order chi connectivity index (χ1) is 12.0. The Labute approximate surface area is 143 Å². The Balaban J connectivity index is 1.94. The fraction of sp³-hybridized carbons (Fsp3) is 0.438. The molecule has 2 aromatic rings. The average molecular weight is 345 g/mol. The number of hydrogen-bond acceptors (Lipinski definition) is 6. The summed E-state index contributed by atoms with van der Waals surface area (Å²) in [4.78, 5) is 41.2. The van der Waals surface area contributed by atoms with E-state index < -0.39 is 16.2 Å². The summed E-state index contributed by atoms with van der Waals surface area (Å²) in [6.07, 6.45) is 2.60. The molecule has 0 bridgehead atoms. The van der Waals surface area contributed by atoms with Crippen molar-refractivity contribution < 1.29 is 9.72 Å². The topological polar surface area (TPSA) is 110 Å². The van der Waals surface area contributed by atoms with E-state index in [1.807, 2.05) is 6.92 Å². The number of fused-ring (bicyclic) bond motifs is 1. The molecule has 1 N–H and O–H groups in total. The largest absolute Gasteiger partial charge is 0.376 e. The minimum Gasteiger partial charge on any atom is -0.356 e. The Morgan fingerprint density at radius 1 is 1.40 bits per heavy atom. The average Bonchev–Trinajstić information content (AvgIpc) is 2.61. The van der Waals surface area contributed by atoms with Gasteiger partial charge in [-0.05, 0) is 31.9 Å². The van der Waals surface area contributed by atoms with Crippen LogP contribution in [0.2, 0.25) is 0 Å². The quantitative estimate of drug-likeness (QED) is 0.653. The number of aromatic nitrogens is 2. The van der Waals surface area contributed by atoms with Crippen LogP contribution >= 0.6 is 0 Å². The highest BCUT2D eigenvalue weighted by Crippen LogP contribution is 2.27. The Morgan fingerprint density at radius 2 is 2.12 bits per heavy atom. The van der Waals surface area contributed by atoms with Crippen LogP contribution in [0.4, 0.5) is 11.5 Å². The number of nitro groups is 1. The van der Waals surface area contributed by atoms with Gasteiger partial charge in [0.2, 0.25) is 11.7 Å². The van der Waals surface area contributed by atoms with Gasteiger partial charge in [0.25, 0.3) is 0 Å². The van der Waals surface area contributed by atoms with E-state index in [4.69, 9.17) is 0 Å². The van der Waals surface area contributed by atoms with Crippen LogP contribution in [0, 0.1) is 16.0 Å². The van der Waals surface area contributed by atoms with Crippen LogP contribution in [0.15, 0.2) is 29.2 Å². The number of carbonyl (C=O) groups excluding carboxylic acids is 1. The van der Waals surface area contributed by atoms with E-state index in [0.29, 0.717) is 38.1 Å².